The average Bonchev–Trinajstić information content (AvgIpc) is 2.59. The molecule has 15 heavy (non-hydrogen) atoms. The molecule has 0 spiro atoms. The lowest BCUT2D eigenvalue weighted by atomic mass is 10.2. The predicted octanol–water partition coefficient (Wildman–Crippen LogP) is 3.13. The van der Waals surface area contributed by atoms with Crippen LogP contribution in [0.1, 0.15) is 23.7 Å². The van der Waals surface area contributed by atoms with Crippen LogP contribution in [0.5, 0.6) is 0 Å². The third-order valence-corrected chi connectivity index (χ3v) is 2.89. The van der Waals surface area contributed by atoms with Gasteiger partial charge in [0.05, 0.1) is 11.8 Å². The maximum Gasteiger partial charge on any atom is 0.258 e. The standard InChI is InChI=1S/C10H13BrClNO2/c1-7(12)3-5-13(2)10(14)8-4-6-15-9(8)11/h4,6-7H,3,5H2,1-2H3. The predicted molar refractivity (Wildman–Crippen MR) is 63.3 cm³/mol. The molecule has 0 saturated heterocycles. The molecule has 0 aliphatic heterocycles. The van der Waals surface area contributed by atoms with Crippen molar-refractivity contribution < 1.29 is 9.21 Å². The summed E-state index contributed by atoms with van der Waals surface area (Å²) in [6, 6.07) is 1.65. The quantitative estimate of drug-likeness (QED) is 0.799. The molecular weight excluding hydrogens is 281 g/mol. The average molecular weight is 295 g/mol. The van der Waals surface area contributed by atoms with Crippen molar-refractivity contribution in [2.45, 2.75) is 18.7 Å². The van der Waals surface area contributed by atoms with E-state index in [1.165, 1.54) is 6.26 Å². The molecule has 0 aliphatic rings. The van der Waals surface area contributed by atoms with Gasteiger partial charge in [0.25, 0.3) is 5.91 Å². The van der Waals surface area contributed by atoms with Crippen LogP contribution in [0.4, 0.5) is 0 Å². The van der Waals surface area contributed by atoms with Gasteiger partial charge in [-0.05, 0) is 35.3 Å². The second-order valence-electron chi connectivity index (χ2n) is 3.40. The van der Waals surface area contributed by atoms with Gasteiger partial charge < -0.3 is 9.32 Å². The molecule has 0 bridgehead atoms. The van der Waals surface area contributed by atoms with Gasteiger partial charge in [0.2, 0.25) is 0 Å². The highest BCUT2D eigenvalue weighted by Crippen LogP contribution is 2.19. The Hall–Kier alpha value is -0.480. The van der Waals surface area contributed by atoms with E-state index in [2.05, 4.69) is 15.9 Å². The van der Waals surface area contributed by atoms with Crippen LogP contribution in [0.2, 0.25) is 0 Å². The van der Waals surface area contributed by atoms with Crippen molar-refractivity contribution in [3.8, 4) is 0 Å². The van der Waals surface area contributed by atoms with E-state index in [0.29, 0.717) is 16.8 Å². The van der Waals surface area contributed by atoms with Gasteiger partial charge in [0, 0.05) is 19.0 Å². The highest BCUT2D eigenvalue weighted by Gasteiger charge is 2.16. The number of rotatable bonds is 4. The molecule has 3 nitrogen and oxygen atoms in total. The van der Waals surface area contributed by atoms with E-state index in [4.69, 9.17) is 16.0 Å². The van der Waals surface area contributed by atoms with E-state index in [0.717, 1.165) is 6.42 Å². The van der Waals surface area contributed by atoms with Crippen molar-refractivity contribution in [2.24, 2.45) is 0 Å². The monoisotopic (exact) mass is 293 g/mol. The van der Waals surface area contributed by atoms with Gasteiger partial charge in [-0.25, -0.2) is 0 Å². The smallest absolute Gasteiger partial charge is 0.258 e. The lowest BCUT2D eigenvalue weighted by Gasteiger charge is -2.16. The van der Waals surface area contributed by atoms with Crippen molar-refractivity contribution in [2.75, 3.05) is 13.6 Å². The largest absolute Gasteiger partial charge is 0.457 e. The highest BCUT2D eigenvalue weighted by molar-refractivity contribution is 9.10. The summed E-state index contributed by atoms with van der Waals surface area (Å²) >= 11 is 8.99. The minimum Gasteiger partial charge on any atom is -0.457 e. The molecule has 0 aliphatic carbocycles. The summed E-state index contributed by atoms with van der Waals surface area (Å²) in [7, 11) is 1.75. The number of halogens is 2. The van der Waals surface area contributed by atoms with Gasteiger partial charge >= 0.3 is 0 Å². The summed E-state index contributed by atoms with van der Waals surface area (Å²) < 4.78 is 5.48. The zero-order valence-corrected chi connectivity index (χ0v) is 11.0. The molecule has 0 saturated carbocycles. The lowest BCUT2D eigenvalue weighted by Crippen LogP contribution is -2.28. The first-order chi connectivity index (χ1) is 7.02. The highest BCUT2D eigenvalue weighted by atomic mass is 79.9. The van der Waals surface area contributed by atoms with Gasteiger partial charge in [-0.1, -0.05) is 0 Å². The number of hydrogen-bond donors (Lipinski definition) is 0. The minimum absolute atomic E-state index is 0.0621. The van der Waals surface area contributed by atoms with Crippen molar-refractivity contribution in [3.05, 3.63) is 22.6 Å². The molecule has 1 aromatic heterocycles. The minimum atomic E-state index is -0.0621. The topological polar surface area (TPSA) is 33.5 Å². The van der Waals surface area contributed by atoms with Crippen LogP contribution >= 0.6 is 27.5 Å². The molecule has 1 atom stereocenters. The zero-order chi connectivity index (χ0) is 11.4. The number of carbonyl (C=O) groups excluding carboxylic acids is 1. The van der Waals surface area contributed by atoms with Crippen LogP contribution in [0.15, 0.2) is 21.4 Å². The molecule has 1 heterocycles. The number of amides is 1. The summed E-state index contributed by atoms with van der Waals surface area (Å²) in [6.45, 7) is 2.55. The third-order valence-electron chi connectivity index (χ3n) is 2.06. The van der Waals surface area contributed by atoms with Crippen LogP contribution in [0.25, 0.3) is 0 Å². The molecule has 0 fully saturated rings. The first-order valence-corrected chi connectivity index (χ1v) is 5.88. The van der Waals surface area contributed by atoms with Crippen LogP contribution in [-0.2, 0) is 0 Å². The van der Waals surface area contributed by atoms with Crippen LogP contribution in [0.3, 0.4) is 0 Å². The second kappa shape index (κ2) is 5.56. The summed E-state index contributed by atoms with van der Waals surface area (Å²) in [5.41, 5.74) is 0.541. The number of furan rings is 1. The fourth-order valence-corrected chi connectivity index (χ4v) is 1.63. The Bertz CT molecular complexity index is 338. The summed E-state index contributed by atoms with van der Waals surface area (Å²) in [6.07, 6.45) is 2.26. The van der Waals surface area contributed by atoms with Crippen LogP contribution in [-0.4, -0.2) is 29.8 Å². The number of carbonyl (C=O) groups is 1. The molecule has 0 aromatic carbocycles. The van der Waals surface area contributed by atoms with E-state index in [1.54, 1.807) is 18.0 Å². The molecular formula is C10H13BrClNO2. The third kappa shape index (κ3) is 3.54. The number of hydrogen-bond acceptors (Lipinski definition) is 2. The summed E-state index contributed by atoms with van der Waals surface area (Å²) in [5.74, 6) is -0.0621. The lowest BCUT2D eigenvalue weighted by molar-refractivity contribution is 0.0791. The van der Waals surface area contributed by atoms with Gasteiger partial charge in [-0.3, -0.25) is 4.79 Å². The molecule has 1 unspecified atom stereocenters. The van der Waals surface area contributed by atoms with E-state index < -0.39 is 0 Å². The van der Waals surface area contributed by atoms with Gasteiger partial charge in [-0.2, -0.15) is 0 Å². The SMILES string of the molecule is CC(Cl)CCN(C)C(=O)c1ccoc1Br. The summed E-state index contributed by atoms with van der Waals surface area (Å²) in [5, 5.41) is 0.0769. The van der Waals surface area contributed by atoms with Crippen molar-refractivity contribution in [1.82, 2.24) is 4.90 Å². The summed E-state index contributed by atoms with van der Waals surface area (Å²) in [4.78, 5) is 13.5. The van der Waals surface area contributed by atoms with E-state index >= 15 is 0 Å². The Labute approximate surface area is 103 Å². The molecule has 84 valence electrons. The molecule has 1 rings (SSSR count). The molecule has 0 N–H and O–H groups in total. The normalized spacial score (nSPS) is 12.5. The number of alkyl halides is 1. The van der Waals surface area contributed by atoms with Crippen molar-refractivity contribution in [1.29, 1.82) is 0 Å². The fraction of sp³-hybridized carbons (Fsp3) is 0.500. The fourth-order valence-electron chi connectivity index (χ4n) is 1.12. The molecule has 5 heteroatoms. The van der Waals surface area contributed by atoms with E-state index in [-0.39, 0.29) is 11.3 Å². The molecule has 0 radical (unpaired) electrons. The molecule has 1 amide bonds. The van der Waals surface area contributed by atoms with Crippen LogP contribution < -0.4 is 0 Å². The first-order valence-electron chi connectivity index (χ1n) is 4.65. The van der Waals surface area contributed by atoms with Gasteiger partial charge in [0.1, 0.15) is 0 Å². The van der Waals surface area contributed by atoms with Gasteiger partial charge in [-0.15, -0.1) is 11.6 Å². The Morgan fingerprint density at radius 3 is 2.87 bits per heavy atom. The Balaban J connectivity index is 2.57. The van der Waals surface area contributed by atoms with Crippen molar-refractivity contribution >= 4 is 33.4 Å². The van der Waals surface area contributed by atoms with Crippen molar-refractivity contribution in [3.63, 3.8) is 0 Å². The maximum absolute atomic E-state index is 11.8. The Morgan fingerprint density at radius 1 is 1.73 bits per heavy atom. The van der Waals surface area contributed by atoms with E-state index in [1.807, 2.05) is 6.92 Å². The zero-order valence-electron chi connectivity index (χ0n) is 8.67. The van der Waals surface area contributed by atoms with Crippen LogP contribution in [0, 0.1) is 0 Å². The maximum atomic E-state index is 11.8. The second-order valence-corrected chi connectivity index (χ2v) is 4.87. The Kier molecular flexibility index (Phi) is 4.67. The molecule has 1 aromatic rings. The Morgan fingerprint density at radius 2 is 2.40 bits per heavy atom. The number of nitrogens with zero attached hydrogens (tertiary/aromatic N) is 1. The van der Waals surface area contributed by atoms with Gasteiger partial charge in [0.15, 0.2) is 4.67 Å². The first kappa shape index (κ1) is 12.6. The van der Waals surface area contributed by atoms with E-state index in [9.17, 15) is 4.79 Å².